The van der Waals surface area contributed by atoms with Crippen LogP contribution < -0.4 is 5.32 Å². The molecule has 1 rings (SSSR count). The second kappa shape index (κ2) is 3.65. The first-order valence-electron chi connectivity index (χ1n) is 3.46. The van der Waals surface area contributed by atoms with E-state index in [0.717, 1.165) is 0 Å². The SMILES string of the molecule is Cn1cc(CNC(=O)C(=O)O)nn1. The highest BCUT2D eigenvalue weighted by Gasteiger charge is 2.10. The number of nitrogens with zero attached hydrogens (tertiary/aromatic N) is 3. The normalized spacial score (nSPS) is 9.62. The van der Waals surface area contributed by atoms with Crippen LogP contribution in [0.1, 0.15) is 5.69 Å². The number of hydrogen-bond donors (Lipinski definition) is 2. The first-order valence-corrected chi connectivity index (χ1v) is 3.46. The van der Waals surface area contributed by atoms with Crippen molar-refractivity contribution in [1.82, 2.24) is 20.3 Å². The smallest absolute Gasteiger partial charge is 0.394 e. The summed E-state index contributed by atoms with van der Waals surface area (Å²) in [5.41, 5.74) is 0.511. The average Bonchev–Trinajstić information content (AvgIpc) is 2.47. The molecular weight excluding hydrogens is 176 g/mol. The van der Waals surface area contributed by atoms with Crippen molar-refractivity contribution in [2.75, 3.05) is 0 Å². The number of carboxylic acid groups (broad SMARTS) is 1. The Morgan fingerprint density at radius 3 is 2.85 bits per heavy atom. The minimum atomic E-state index is -1.51. The van der Waals surface area contributed by atoms with Crippen molar-refractivity contribution in [1.29, 1.82) is 0 Å². The monoisotopic (exact) mass is 184 g/mol. The molecule has 70 valence electrons. The standard InChI is InChI=1S/C6H8N4O3/c1-10-3-4(8-9-10)2-7-5(11)6(12)13/h3H,2H2,1H3,(H,7,11)(H,12,13). The zero-order valence-corrected chi connectivity index (χ0v) is 6.89. The zero-order valence-electron chi connectivity index (χ0n) is 6.89. The van der Waals surface area contributed by atoms with Crippen molar-refractivity contribution in [3.05, 3.63) is 11.9 Å². The summed E-state index contributed by atoms with van der Waals surface area (Å²) in [6.07, 6.45) is 1.59. The van der Waals surface area contributed by atoms with Crippen molar-refractivity contribution >= 4 is 11.9 Å². The van der Waals surface area contributed by atoms with Gasteiger partial charge >= 0.3 is 11.9 Å². The summed E-state index contributed by atoms with van der Waals surface area (Å²) in [6, 6.07) is 0. The van der Waals surface area contributed by atoms with E-state index in [1.165, 1.54) is 4.68 Å². The highest BCUT2D eigenvalue weighted by molar-refractivity contribution is 6.31. The molecule has 0 saturated heterocycles. The van der Waals surface area contributed by atoms with Crippen LogP contribution in [0.15, 0.2) is 6.20 Å². The molecule has 0 aliphatic heterocycles. The molecule has 0 fully saturated rings. The summed E-state index contributed by atoms with van der Waals surface area (Å²) in [5.74, 6) is -2.56. The molecule has 1 aromatic rings. The second-order valence-corrected chi connectivity index (χ2v) is 2.37. The van der Waals surface area contributed by atoms with E-state index >= 15 is 0 Å². The Bertz CT molecular complexity index is 332. The fourth-order valence-electron chi connectivity index (χ4n) is 0.723. The highest BCUT2D eigenvalue weighted by atomic mass is 16.4. The molecule has 0 aliphatic rings. The highest BCUT2D eigenvalue weighted by Crippen LogP contribution is 1.89. The van der Waals surface area contributed by atoms with Gasteiger partial charge in [-0.15, -0.1) is 5.10 Å². The van der Waals surface area contributed by atoms with Crippen molar-refractivity contribution < 1.29 is 14.7 Å². The van der Waals surface area contributed by atoms with Crippen molar-refractivity contribution in [3.63, 3.8) is 0 Å². The molecule has 0 bridgehead atoms. The lowest BCUT2D eigenvalue weighted by molar-refractivity contribution is -0.150. The third kappa shape index (κ3) is 2.55. The lowest BCUT2D eigenvalue weighted by Crippen LogP contribution is -2.30. The molecule has 2 N–H and O–H groups in total. The Kier molecular flexibility index (Phi) is 2.58. The van der Waals surface area contributed by atoms with Gasteiger partial charge in [0.2, 0.25) is 0 Å². The molecule has 7 heteroatoms. The van der Waals surface area contributed by atoms with Gasteiger partial charge < -0.3 is 10.4 Å². The molecule has 0 aliphatic carbocycles. The number of aliphatic carboxylic acids is 1. The zero-order chi connectivity index (χ0) is 9.84. The predicted octanol–water partition coefficient (Wildman–Crippen LogP) is -1.48. The number of aryl methyl sites for hydroxylation is 1. The van der Waals surface area contributed by atoms with Crippen LogP contribution in [0.2, 0.25) is 0 Å². The number of nitrogens with one attached hydrogen (secondary N) is 1. The maximum absolute atomic E-state index is 10.6. The number of carboxylic acids is 1. The molecule has 0 saturated carbocycles. The van der Waals surface area contributed by atoms with Gasteiger partial charge in [0.05, 0.1) is 6.54 Å². The van der Waals surface area contributed by atoms with Gasteiger partial charge in [0.25, 0.3) is 0 Å². The first-order chi connectivity index (χ1) is 6.09. The summed E-state index contributed by atoms with van der Waals surface area (Å²) in [4.78, 5) is 20.6. The summed E-state index contributed by atoms with van der Waals surface area (Å²) in [7, 11) is 1.68. The summed E-state index contributed by atoms with van der Waals surface area (Å²) < 4.78 is 1.46. The second-order valence-electron chi connectivity index (χ2n) is 2.37. The Balaban J connectivity index is 2.44. The molecule has 7 nitrogen and oxygen atoms in total. The average molecular weight is 184 g/mol. The molecule has 0 atom stereocenters. The van der Waals surface area contributed by atoms with E-state index in [2.05, 4.69) is 15.6 Å². The van der Waals surface area contributed by atoms with Gasteiger partial charge in [-0.1, -0.05) is 5.21 Å². The molecule has 0 radical (unpaired) electrons. The van der Waals surface area contributed by atoms with Crippen molar-refractivity contribution in [2.24, 2.45) is 7.05 Å². The number of aromatic nitrogens is 3. The van der Waals surface area contributed by atoms with Crippen LogP contribution in [0, 0.1) is 0 Å². The Hall–Kier alpha value is -1.92. The van der Waals surface area contributed by atoms with Crippen LogP contribution in [0.3, 0.4) is 0 Å². The van der Waals surface area contributed by atoms with Crippen molar-refractivity contribution in [3.8, 4) is 0 Å². The van der Waals surface area contributed by atoms with Crippen LogP contribution in [-0.4, -0.2) is 32.0 Å². The van der Waals surface area contributed by atoms with Crippen LogP contribution >= 0.6 is 0 Å². The number of hydrogen-bond acceptors (Lipinski definition) is 4. The molecule has 1 heterocycles. The predicted molar refractivity (Wildman–Crippen MR) is 40.5 cm³/mol. The van der Waals surface area contributed by atoms with E-state index in [1.807, 2.05) is 0 Å². The lowest BCUT2D eigenvalue weighted by atomic mass is 10.4. The van der Waals surface area contributed by atoms with Crippen LogP contribution in [0.25, 0.3) is 0 Å². The van der Waals surface area contributed by atoms with E-state index in [-0.39, 0.29) is 6.54 Å². The van der Waals surface area contributed by atoms with Crippen LogP contribution in [0.4, 0.5) is 0 Å². The van der Waals surface area contributed by atoms with E-state index in [1.54, 1.807) is 13.2 Å². The molecule has 13 heavy (non-hydrogen) atoms. The van der Waals surface area contributed by atoms with Crippen molar-refractivity contribution in [2.45, 2.75) is 6.54 Å². The minimum Gasteiger partial charge on any atom is -0.474 e. The maximum Gasteiger partial charge on any atom is 0.394 e. The van der Waals surface area contributed by atoms with Gasteiger partial charge in [-0.05, 0) is 0 Å². The van der Waals surface area contributed by atoms with Crippen LogP contribution in [0.5, 0.6) is 0 Å². The topological polar surface area (TPSA) is 97.1 Å². The van der Waals surface area contributed by atoms with Gasteiger partial charge in [-0.2, -0.15) is 0 Å². The Labute approximate surface area is 73.4 Å². The summed E-state index contributed by atoms with van der Waals surface area (Å²) >= 11 is 0. The molecule has 1 amide bonds. The first kappa shape index (κ1) is 9.17. The minimum absolute atomic E-state index is 0.0684. The van der Waals surface area contributed by atoms with E-state index in [9.17, 15) is 9.59 Å². The maximum atomic E-state index is 10.6. The Morgan fingerprint density at radius 1 is 1.69 bits per heavy atom. The number of carbonyl (C=O) groups is 2. The van der Waals surface area contributed by atoms with Gasteiger partial charge in [0.15, 0.2) is 0 Å². The third-order valence-corrected chi connectivity index (χ3v) is 1.27. The lowest BCUT2D eigenvalue weighted by Gasteiger charge is -1.96. The van der Waals surface area contributed by atoms with Gasteiger partial charge in [0, 0.05) is 13.2 Å². The summed E-state index contributed by atoms with van der Waals surface area (Å²) in [5, 5.41) is 17.6. The Morgan fingerprint density at radius 2 is 2.38 bits per heavy atom. The number of rotatable bonds is 2. The van der Waals surface area contributed by atoms with Crippen LogP contribution in [-0.2, 0) is 23.2 Å². The molecule has 0 unspecified atom stereocenters. The van der Waals surface area contributed by atoms with E-state index in [4.69, 9.17) is 5.11 Å². The third-order valence-electron chi connectivity index (χ3n) is 1.27. The molecule has 0 spiro atoms. The quantitative estimate of drug-likeness (QED) is 0.546. The van der Waals surface area contributed by atoms with Gasteiger partial charge in [-0.3, -0.25) is 9.48 Å². The molecule has 1 aromatic heterocycles. The van der Waals surface area contributed by atoms with E-state index in [0.29, 0.717) is 5.69 Å². The summed E-state index contributed by atoms with van der Waals surface area (Å²) in [6.45, 7) is 0.0684. The largest absolute Gasteiger partial charge is 0.474 e. The fourth-order valence-corrected chi connectivity index (χ4v) is 0.723. The number of carbonyl (C=O) groups excluding carboxylic acids is 1. The van der Waals surface area contributed by atoms with Gasteiger partial charge in [0.1, 0.15) is 5.69 Å². The van der Waals surface area contributed by atoms with Gasteiger partial charge in [-0.25, -0.2) is 4.79 Å². The fraction of sp³-hybridized carbons (Fsp3) is 0.333. The molecular formula is C6H8N4O3. The number of amides is 1. The molecule has 0 aromatic carbocycles. The van der Waals surface area contributed by atoms with E-state index < -0.39 is 11.9 Å².